The quantitative estimate of drug-likeness (QED) is 0.778. The third kappa shape index (κ3) is 1.73. The Bertz CT molecular complexity index is 347. The van der Waals surface area contributed by atoms with Gasteiger partial charge in [0.05, 0.1) is 13.7 Å². The first-order chi connectivity index (χ1) is 7.25. The van der Waals surface area contributed by atoms with Gasteiger partial charge in [-0.25, -0.2) is 0 Å². The van der Waals surface area contributed by atoms with Gasteiger partial charge in [-0.15, -0.1) is 0 Å². The van der Waals surface area contributed by atoms with Crippen molar-refractivity contribution in [1.29, 1.82) is 0 Å². The number of aliphatic hydroxyl groups is 1. The molecule has 0 radical (unpaired) electrons. The highest BCUT2D eigenvalue weighted by Crippen LogP contribution is 2.58. The lowest BCUT2D eigenvalue weighted by Gasteiger charge is -2.11. The van der Waals surface area contributed by atoms with Gasteiger partial charge in [-0.05, 0) is 30.0 Å². The van der Waals surface area contributed by atoms with Crippen LogP contribution in [-0.4, -0.2) is 25.4 Å². The molecular formula is C12H17NO2. The zero-order valence-corrected chi connectivity index (χ0v) is 8.94. The van der Waals surface area contributed by atoms with Gasteiger partial charge >= 0.3 is 0 Å². The van der Waals surface area contributed by atoms with E-state index in [1.807, 2.05) is 18.2 Å². The largest absolute Gasteiger partial charge is 0.497 e. The van der Waals surface area contributed by atoms with Crippen molar-refractivity contribution < 1.29 is 9.84 Å². The minimum Gasteiger partial charge on any atom is -0.497 e. The van der Waals surface area contributed by atoms with Crippen molar-refractivity contribution in [1.82, 2.24) is 0 Å². The Morgan fingerprint density at radius 1 is 1.60 bits per heavy atom. The Kier molecular flexibility index (Phi) is 2.67. The number of ether oxygens (including phenoxy) is 1. The van der Waals surface area contributed by atoms with Gasteiger partial charge in [-0.2, -0.15) is 0 Å². The van der Waals surface area contributed by atoms with E-state index in [2.05, 4.69) is 6.07 Å². The number of hydrogen-bond acceptors (Lipinski definition) is 3. The number of methoxy groups -OCH3 is 1. The van der Waals surface area contributed by atoms with Crippen LogP contribution < -0.4 is 10.5 Å². The number of aliphatic hydroxyl groups excluding tert-OH is 1. The molecule has 1 aromatic rings. The average molecular weight is 207 g/mol. The fourth-order valence-electron chi connectivity index (χ4n) is 2.14. The molecule has 1 aliphatic rings. The third-order valence-electron chi connectivity index (χ3n) is 3.41. The van der Waals surface area contributed by atoms with Crippen LogP contribution in [0.4, 0.5) is 0 Å². The molecule has 0 aliphatic heterocycles. The maximum atomic E-state index is 9.30. The topological polar surface area (TPSA) is 55.5 Å². The molecule has 0 saturated heterocycles. The SMILES string of the molecule is COc1cccc([C@H]2C[C@@]2(CN)CO)c1. The fourth-order valence-corrected chi connectivity index (χ4v) is 2.14. The summed E-state index contributed by atoms with van der Waals surface area (Å²) in [4.78, 5) is 0. The number of hydrogen-bond donors (Lipinski definition) is 2. The zero-order chi connectivity index (χ0) is 10.9. The molecule has 2 atom stereocenters. The van der Waals surface area contributed by atoms with Gasteiger partial charge in [0.25, 0.3) is 0 Å². The van der Waals surface area contributed by atoms with Gasteiger partial charge in [0.2, 0.25) is 0 Å². The van der Waals surface area contributed by atoms with E-state index in [9.17, 15) is 5.11 Å². The van der Waals surface area contributed by atoms with Crippen LogP contribution in [0.3, 0.4) is 0 Å². The lowest BCUT2D eigenvalue weighted by Crippen LogP contribution is -2.21. The molecule has 3 nitrogen and oxygen atoms in total. The second-order valence-electron chi connectivity index (χ2n) is 4.26. The van der Waals surface area contributed by atoms with Crippen LogP contribution in [0, 0.1) is 5.41 Å². The van der Waals surface area contributed by atoms with E-state index < -0.39 is 0 Å². The second-order valence-corrected chi connectivity index (χ2v) is 4.26. The minimum atomic E-state index is -0.0770. The summed E-state index contributed by atoms with van der Waals surface area (Å²) in [6.45, 7) is 0.719. The van der Waals surface area contributed by atoms with Crippen LogP contribution in [0.5, 0.6) is 5.75 Å². The maximum Gasteiger partial charge on any atom is 0.119 e. The van der Waals surface area contributed by atoms with E-state index in [1.54, 1.807) is 7.11 Å². The van der Waals surface area contributed by atoms with E-state index in [1.165, 1.54) is 5.56 Å². The molecule has 82 valence electrons. The van der Waals surface area contributed by atoms with Gasteiger partial charge < -0.3 is 15.6 Å². The summed E-state index contributed by atoms with van der Waals surface area (Å²) in [7, 11) is 1.66. The molecule has 2 rings (SSSR count). The molecule has 0 heterocycles. The summed E-state index contributed by atoms with van der Waals surface area (Å²) in [6.07, 6.45) is 0.979. The molecule has 15 heavy (non-hydrogen) atoms. The molecule has 0 aromatic heterocycles. The highest BCUT2D eigenvalue weighted by molar-refractivity contribution is 5.36. The summed E-state index contributed by atoms with van der Waals surface area (Å²) in [6, 6.07) is 8.00. The summed E-state index contributed by atoms with van der Waals surface area (Å²) in [5, 5.41) is 9.30. The summed E-state index contributed by atoms with van der Waals surface area (Å²) < 4.78 is 5.17. The van der Waals surface area contributed by atoms with Crippen LogP contribution in [0.1, 0.15) is 17.9 Å². The Labute approximate surface area is 89.9 Å². The maximum absolute atomic E-state index is 9.30. The summed E-state index contributed by atoms with van der Waals surface area (Å²) >= 11 is 0. The molecule has 0 spiro atoms. The van der Waals surface area contributed by atoms with Gasteiger partial charge in [-0.1, -0.05) is 12.1 Å². The van der Waals surface area contributed by atoms with E-state index in [0.717, 1.165) is 12.2 Å². The highest BCUT2D eigenvalue weighted by atomic mass is 16.5. The van der Waals surface area contributed by atoms with Gasteiger partial charge in [0.15, 0.2) is 0 Å². The number of rotatable bonds is 4. The van der Waals surface area contributed by atoms with Crippen molar-refractivity contribution in [3.05, 3.63) is 29.8 Å². The second kappa shape index (κ2) is 3.83. The summed E-state index contributed by atoms with van der Waals surface area (Å²) in [5.41, 5.74) is 6.83. The van der Waals surface area contributed by atoms with Crippen LogP contribution in [0.15, 0.2) is 24.3 Å². The van der Waals surface area contributed by atoms with Crippen molar-refractivity contribution in [3.63, 3.8) is 0 Å². The molecular weight excluding hydrogens is 190 g/mol. The predicted octanol–water partition coefficient (Wildman–Crippen LogP) is 1.12. The van der Waals surface area contributed by atoms with E-state index in [-0.39, 0.29) is 12.0 Å². The highest BCUT2D eigenvalue weighted by Gasteiger charge is 2.53. The molecule has 3 heteroatoms. The van der Waals surface area contributed by atoms with Crippen LogP contribution in [-0.2, 0) is 0 Å². The molecule has 0 unspecified atom stereocenters. The van der Waals surface area contributed by atoms with Crippen molar-refractivity contribution >= 4 is 0 Å². The number of nitrogens with two attached hydrogens (primary N) is 1. The number of benzene rings is 1. The van der Waals surface area contributed by atoms with Crippen molar-refractivity contribution in [3.8, 4) is 5.75 Å². The Hall–Kier alpha value is -1.06. The molecule has 1 aliphatic carbocycles. The third-order valence-corrected chi connectivity index (χ3v) is 3.41. The van der Waals surface area contributed by atoms with Crippen LogP contribution >= 0.6 is 0 Å². The Morgan fingerprint density at radius 3 is 2.93 bits per heavy atom. The fraction of sp³-hybridized carbons (Fsp3) is 0.500. The minimum absolute atomic E-state index is 0.0770. The first kappa shape index (κ1) is 10.5. The first-order valence-electron chi connectivity index (χ1n) is 5.20. The Balaban J connectivity index is 2.18. The first-order valence-corrected chi connectivity index (χ1v) is 5.20. The molecule has 1 saturated carbocycles. The van der Waals surface area contributed by atoms with Crippen molar-refractivity contribution in [2.45, 2.75) is 12.3 Å². The van der Waals surface area contributed by atoms with E-state index in [4.69, 9.17) is 10.5 Å². The summed E-state index contributed by atoms with van der Waals surface area (Å²) in [5.74, 6) is 1.26. The van der Waals surface area contributed by atoms with Crippen molar-refractivity contribution in [2.75, 3.05) is 20.3 Å². The molecule has 3 N–H and O–H groups in total. The average Bonchev–Trinajstić information content (AvgIpc) is 3.04. The van der Waals surface area contributed by atoms with Crippen LogP contribution in [0.2, 0.25) is 0 Å². The van der Waals surface area contributed by atoms with Crippen LogP contribution in [0.25, 0.3) is 0 Å². The Morgan fingerprint density at radius 2 is 2.40 bits per heavy atom. The predicted molar refractivity (Wildman–Crippen MR) is 58.9 cm³/mol. The van der Waals surface area contributed by atoms with Crippen molar-refractivity contribution in [2.24, 2.45) is 11.1 Å². The van der Waals surface area contributed by atoms with Gasteiger partial charge in [0, 0.05) is 12.0 Å². The molecule has 1 fully saturated rings. The van der Waals surface area contributed by atoms with E-state index >= 15 is 0 Å². The lowest BCUT2D eigenvalue weighted by atomic mass is 10.00. The van der Waals surface area contributed by atoms with Gasteiger partial charge in [0.1, 0.15) is 5.75 Å². The lowest BCUT2D eigenvalue weighted by molar-refractivity contribution is 0.211. The van der Waals surface area contributed by atoms with Gasteiger partial charge in [-0.3, -0.25) is 0 Å². The van der Waals surface area contributed by atoms with E-state index in [0.29, 0.717) is 12.5 Å². The molecule has 0 bridgehead atoms. The normalized spacial score (nSPS) is 28.9. The standard InChI is InChI=1S/C12H17NO2/c1-15-10-4-2-3-9(5-10)11-6-12(11,7-13)8-14/h2-5,11,14H,6-8,13H2,1H3/t11-,12-/m1/s1. The monoisotopic (exact) mass is 207 g/mol. The molecule has 0 amide bonds. The zero-order valence-electron chi connectivity index (χ0n) is 8.94. The molecule has 1 aromatic carbocycles. The smallest absolute Gasteiger partial charge is 0.119 e.